The molecular weight excluding hydrogens is 260 g/mol. The van der Waals surface area contributed by atoms with Crippen LogP contribution in [-0.2, 0) is 0 Å². The highest BCUT2D eigenvalue weighted by atomic mass is 15.2. The molecule has 0 radical (unpaired) electrons. The Morgan fingerprint density at radius 2 is 1.86 bits per heavy atom. The van der Waals surface area contributed by atoms with Gasteiger partial charge in [-0.15, -0.1) is 0 Å². The Hall–Kier alpha value is -1.58. The predicted molar refractivity (Wildman–Crippen MR) is 87.0 cm³/mol. The number of nitrogens with one attached hydrogen (secondary N) is 1. The van der Waals surface area contributed by atoms with E-state index in [1.165, 1.54) is 44.9 Å². The molecule has 0 bridgehead atoms. The average molecular weight is 286 g/mol. The number of hydrogen-bond acceptors (Lipinski definition) is 3. The lowest BCUT2D eigenvalue weighted by molar-refractivity contribution is 0.144. The minimum absolute atomic E-state index is 0.133. The van der Waals surface area contributed by atoms with Crippen molar-refractivity contribution in [3.05, 3.63) is 23.4 Å². The predicted octanol–water partition coefficient (Wildman–Crippen LogP) is 3.22. The molecule has 1 aromatic rings. The van der Waals surface area contributed by atoms with Gasteiger partial charge in [0.05, 0.1) is 5.56 Å². The van der Waals surface area contributed by atoms with Crippen molar-refractivity contribution in [3.63, 3.8) is 0 Å². The minimum atomic E-state index is 0.133. The lowest BCUT2D eigenvalue weighted by atomic mass is 9.68. The molecule has 4 heteroatoms. The Morgan fingerprint density at radius 1 is 1.19 bits per heavy atom. The molecule has 3 N–H and O–H groups in total. The van der Waals surface area contributed by atoms with Crippen molar-refractivity contribution in [2.24, 2.45) is 11.1 Å². The molecule has 1 saturated heterocycles. The van der Waals surface area contributed by atoms with E-state index in [4.69, 9.17) is 11.1 Å². The Kier molecular flexibility index (Phi) is 3.87. The maximum atomic E-state index is 7.84. The highest BCUT2D eigenvalue weighted by Gasteiger charge is 2.36. The first-order valence-electron chi connectivity index (χ1n) is 8.16. The third-order valence-corrected chi connectivity index (χ3v) is 5.45. The van der Waals surface area contributed by atoms with Gasteiger partial charge in [-0.05, 0) is 49.7 Å². The molecule has 0 aromatic carbocycles. The number of aromatic nitrogens is 1. The normalized spacial score (nSPS) is 21.5. The SMILES string of the molecule is Cc1ccnc(N2CCC3(CCCCC3)CC2)c1C(=N)N. The molecule has 0 amide bonds. The fourth-order valence-corrected chi connectivity index (χ4v) is 4.11. The average Bonchev–Trinajstić information content (AvgIpc) is 2.48. The van der Waals surface area contributed by atoms with Crippen molar-refractivity contribution in [2.45, 2.75) is 51.9 Å². The minimum Gasteiger partial charge on any atom is -0.384 e. The number of hydrogen-bond donors (Lipinski definition) is 2. The van der Waals surface area contributed by atoms with Gasteiger partial charge in [-0.25, -0.2) is 4.98 Å². The van der Waals surface area contributed by atoms with Gasteiger partial charge in [0.2, 0.25) is 0 Å². The molecular formula is C17H26N4. The molecule has 2 heterocycles. The van der Waals surface area contributed by atoms with Crippen LogP contribution in [0.1, 0.15) is 56.1 Å². The van der Waals surface area contributed by atoms with Gasteiger partial charge in [0, 0.05) is 19.3 Å². The fraction of sp³-hybridized carbons (Fsp3) is 0.647. The Labute approximate surface area is 127 Å². The van der Waals surface area contributed by atoms with Gasteiger partial charge in [-0.2, -0.15) is 0 Å². The van der Waals surface area contributed by atoms with Crippen LogP contribution in [0, 0.1) is 17.7 Å². The first-order valence-corrected chi connectivity index (χ1v) is 8.16. The molecule has 1 aliphatic heterocycles. The first-order chi connectivity index (χ1) is 10.1. The maximum Gasteiger partial charge on any atom is 0.139 e. The molecule has 1 saturated carbocycles. The monoisotopic (exact) mass is 286 g/mol. The van der Waals surface area contributed by atoms with Crippen LogP contribution < -0.4 is 10.6 Å². The summed E-state index contributed by atoms with van der Waals surface area (Å²) in [6.45, 7) is 4.11. The van der Waals surface area contributed by atoms with Gasteiger partial charge < -0.3 is 10.6 Å². The molecule has 1 spiro atoms. The number of piperidine rings is 1. The van der Waals surface area contributed by atoms with E-state index in [9.17, 15) is 0 Å². The molecule has 1 aromatic heterocycles. The molecule has 3 rings (SSSR count). The fourth-order valence-electron chi connectivity index (χ4n) is 4.11. The van der Waals surface area contributed by atoms with Crippen LogP contribution >= 0.6 is 0 Å². The second-order valence-electron chi connectivity index (χ2n) is 6.79. The van der Waals surface area contributed by atoms with E-state index >= 15 is 0 Å². The molecule has 114 valence electrons. The lowest BCUT2D eigenvalue weighted by Gasteiger charge is -2.45. The van der Waals surface area contributed by atoms with Crippen LogP contribution in [0.4, 0.5) is 5.82 Å². The lowest BCUT2D eigenvalue weighted by Crippen LogP contribution is -2.42. The number of pyridine rings is 1. The molecule has 4 nitrogen and oxygen atoms in total. The summed E-state index contributed by atoms with van der Waals surface area (Å²) in [5.41, 5.74) is 8.23. The third-order valence-electron chi connectivity index (χ3n) is 5.45. The summed E-state index contributed by atoms with van der Waals surface area (Å²) in [6.07, 6.45) is 11.4. The highest BCUT2D eigenvalue weighted by molar-refractivity contribution is 6.01. The number of rotatable bonds is 2. The third kappa shape index (κ3) is 2.76. The summed E-state index contributed by atoms with van der Waals surface area (Å²) < 4.78 is 0. The van der Waals surface area contributed by atoms with E-state index in [1.807, 2.05) is 19.2 Å². The van der Waals surface area contributed by atoms with Gasteiger partial charge >= 0.3 is 0 Å². The van der Waals surface area contributed by atoms with Crippen LogP contribution in [-0.4, -0.2) is 23.9 Å². The number of nitrogens with two attached hydrogens (primary N) is 1. The quantitative estimate of drug-likeness (QED) is 0.648. The zero-order valence-corrected chi connectivity index (χ0v) is 13.0. The van der Waals surface area contributed by atoms with Crippen LogP contribution in [0.3, 0.4) is 0 Å². The number of anilines is 1. The topological polar surface area (TPSA) is 66.0 Å². The second kappa shape index (κ2) is 5.66. The van der Waals surface area contributed by atoms with Gasteiger partial charge in [0.25, 0.3) is 0 Å². The van der Waals surface area contributed by atoms with E-state index in [0.717, 1.165) is 30.0 Å². The van der Waals surface area contributed by atoms with E-state index in [-0.39, 0.29) is 5.84 Å². The van der Waals surface area contributed by atoms with E-state index in [1.54, 1.807) is 0 Å². The summed E-state index contributed by atoms with van der Waals surface area (Å²) in [7, 11) is 0. The van der Waals surface area contributed by atoms with Crippen molar-refractivity contribution < 1.29 is 0 Å². The van der Waals surface area contributed by atoms with Crippen LogP contribution in [0.15, 0.2) is 12.3 Å². The second-order valence-corrected chi connectivity index (χ2v) is 6.79. The summed E-state index contributed by atoms with van der Waals surface area (Å²) in [5, 5.41) is 7.84. The van der Waals surface area contributed by atoms with Crippen LogP contribution in [0.2, 0.25) is 0 Å². The largest absolute Gasteiger partial charge is 0.384 e. The Morgan fingerprint density at radius 3 is 2.48 bits per heavy atom. The van der Waals surface area contributed by atoms with E-state index < -0.39 is 0 Å². The van der Waals surface area contributed by atoms with Gasteiger partial charge in [0.1, 0.15) is 11.7 Å². The number of aryl methyl sites for hydroxylation is 1. The molecule has 2 aliphatic rings. The number of nitrogen functional groups attached to an aromatic ring is 1. The maximum absolute atomic E-state index is 7.84. The standard InChI is InChI=1S/C17H26N4/c1-13-5-10-20-16(14(13)15(18)19)21-11-8-17(9-12-21)6-3-2-4-7-17/h5,10H,2-4,6-9,11-12H2,1H3,(H3,18,19). The van der Waals surface area contributed by atoms with Crippen molar-refractivity contribution in [1.82, 2.24) is 4.98 Å². The molecule has 0 atom stereocenters. The summed E-state index contributed by atoms with van der Waals surface area (Å²) in [5.74, 6) is 1.04. The molecule has 0 unspecified atom stereocenters. The van der Waals surface area contributed by atoms with Crippen molar-refractivity contribution >= 4 is 11.7 Å². The zero-order chi connectivity index (χ0) is 14.9. The number of amidine groups is 1. The van der Waals surface area contributed by atoms with Crippen LogP contribution in [0.5, 0.6) is 0 Å². The van der Waals surface area contributed by atoms with Crippen molar-refractivity contribution in [3.8, 4) is 0 Å². The smallest absolute Gasteiger partial charge is 0.139 e. The Bertz CT molecular complexity index is 522. The zero-order valence-electron chi connectivity index (χ0n) is 13.0. The summed E-state index contributed by atoms with van der Waals surface area (Å²) in [4.78, 5) is 6.86. The molecule has 1 aliphatic carbocycles. The molecule has 2 fully saturated rings. The van der Waals surface area contributed by atoms with Gasteiger partial charge in [-0.3, -0.25) is 5.41 Å². The van der Waals surface area contributed by atoms with Gasteiger partial charge in [-0.1, -0.05) is 19.3 Å². The van der Waals surface area contributed by atoms with E-state index in [2.05, 4.69) is 9.88 Å². The Balaban J connectivity index is 1.78. The van der Waals surface area contributed by atoms with Gasteiger partial charge in [0.15, 0.2) is 0 Å². The number of nitrogens with zero attached hydrogens (tertiary/aromatic N) is 2. The van der Waals surface area contributed by atoms with Crippen LogP contribution in [0.25, 0.3) is 0 Å². The molecule has 21 heavy (non-hydrogen) atoms. The van der Waals surface area contributed by atoms with Crippen molar-refractivity contribution in [2.75, 3.05) is 18.0 Å². The first kappa shape index (κ1) is 14.4. The summed E-state index contributed by atoms with van der Waals surface area (Å²) >= 11 is 0. The highest BCUT2D eigenvalue weighted by Crippen LogP contribution is 2.45. The van der Waals surface area contributed by atoms with Crippen molar-refractivity contribution in [1.29, 1.82) is 5.41 Å². The van der Waals surface area contributed by atoms with E-state index in [0.29, 0.717) is 5.41 Å². The summed E-state index contributed by atoms with van der Waals surface area (Å²) in [6, 6.07) is 1.94.